The SMILES string of the molecule is O=C1N=CC(I)=CC1C(F)(F)F. The Kier molecular flexibility index (Phi) is 2.55. The first-order valence-electron chi connectivity index (χ1n) is 2.93. The highest BCUT2D eigenvalue weighted by Crippen LogP contribution is 2.31. The van der Waals surface area contributed by atoms with Gasteiger partial charge in [0.25, 0.3) is 5.91 Å². The van der Waals surface area contributed by atoms with Crippen molar-refractivity contribution < 1.29 is 18.0 Å². The Morgan fingerprint density at radius 2 is 2.08 bits per heavy atom. The van der Waals surface area contributed by atoms with Gasteiger partial charge in [-0.15, -0.1) is 0 Å². The van der Waals surface area contributed by atoms with Gasteiger partial charge in [0.15, 0.2) is 5.92 Å². The third-order valence-corrected chi connectivity index (χ3v) is 1.90. The fourth-order valence-electron chi connectivity index (χ4n) is 0.714. The Labute approximate surface area is 79.7 Å². The summed E-state index contributed by atoms with van der Waals surface area (Å²) in [5.41, 5.74) is 0. The molecule has 1 aliphatic rings. The number of carbonyl (C=O) groups excluding carboxylic acids is 1. The van der Waals surface area contributed by atoms with Gasteiger partial charge in [-0.3, -0.25) is 4.79 Å². The van der Waals surface area contributed by atoms with Crippen molar-refractivity contribution in [1.82, 2.24) is 0 Å². The standard InChI is InChI=1S/C6H3F3INO/c7-6(8,9)4-1-3(10)2-11-5(4)12/h1-2,4H. The van der Waals surface area contributed by atoms with E-state index in [1.165, 1.54) is 0 Å². The van der Waals surface area contributed by atoms with Crippen LogP contribution in [-0.4, -0.2) is 18.3 Å². The van der Waals surface area contributed by atoms with E-state index in [1.54, 1.807) is 22.6 Å². The number of rotatable bonds is 0. The van der Waals surface area contributed by atoms with Crippen molar-refractivity contribution in [1.29, 1.82) is 0 Å². The zero-order valence-corrected chi connectivity index (χ0v) is 7.76. The molecule has 2 nitrogen and oxygen atoms in total. The largest absolute Gasteiger partial charge is 0.404 e. The second-order valence-electron chi connectivity index (χ2n) is 2.17. The summed E-state index contributed by atoms with van der Waals surface area (Å²) in [5, 5.41) is 0. The van der Waals surface area contributed by atoms with Crippen LogP contribution in [0.4, 0.5) is 13.2 Å². The van der Waals surface area contributed by atoms with Gasteiger partial charge in [-0.05, 0) is 28.7 Å². The molecule has 1 aliphatic heterocycles. The lowest BCUT2D eigenvalue weighted by Crippen LogP contribution is -2.29. The zero-order chi connectivity index (χ0) is 9.35. The van der Waals surface area contributed by atoms with Gasteiger partial charge in [0.05, 0.1) is 0 Å². The summed E-state index contributed by atoms with van der Waals surface area (Å²) in [6, 6.07) is 0. The number of carbonyl (C=O) groups is 1. The van der Waals surface area contributed by atoms with E-state index in [9.17, 15) is 18.0 Å². The highest BCUT2D eigenvalue weighted by molar-refractivity contribution is 14.1. The molecular formula is C6H3F3INO. The number of halogens is 4. The van der Waals surface area contributed by atoms with E-state index in [0.717, 1.165) is 12.3 Å². The zero-order valence-electron chi connectivity index (χ0n) is 5.60. The number of dihydropyridines is 1. The van der Waals surface area contributed by atoms with Gasteiger partial charge >= 0.3 is 6.18 Å². The van der Waals surface area contributed by atoms with Crippen LogP contribution in [0.3, 0.4) is 0 Å². The molecule has 1 unspecified atom stereocenters. The van der Waals surface area contributed by atoms with Gasteiger partial charge in [0, 0.05) is 9.79 Å². The summed E-state index contributed by atoms with van der Waals surface area (Å²) in [4.78, 5) is 13.7. The predicted molar refractivity (Wildman–Crippen MR) is 45.1 cm³/mol. The van der Waals surface area contributed by atoms with Crippen LogP contribution in [-0.2, 0) is 4.79 Å². The fraction of sp³-hybridized carbons (Fsp3) is 0.333. The lowest BCUT2D eigenvalue weighted by atomic mass is 10.1. The first-order valence-corrected chi connectivity index (χ1v) is 4.01. The molecule has 0 saturated heterocycles. The summed E-state index contributed by atoms with van der Waals surface area (Å²) in [5.74, 6) is -3.21. The van der Waals surface area contributed by atoms with E-state index in [-0.39, 0.29) is 0 Å². The minimum atomic E-state index is -4.52. The van der Waals surface area contributed by atoms with Gasteiger partial charge < -0.3 is 0 Å². The first-order chi connectivity index (χ1) is 5.41. The Balaban J connectivity index is 2.93. The topological polar surface area (TPSA) is 29.4 Å². The summed E-state index contributed by atoms with van der Waals surface area (Å²) in [7, 11) is 0. The Morgan fingerprint density at radius 3 is 2.50 bits per heavy atom. The molecule has 0 aromatic heterocycles. The number of aliphatic imine (C=N–C) groups is 1. The molecule has 12 heavy (non-hydrogen) atoms. The quantitative estimate of drug-likeness (QED) is 0.628. The van der Waals surface area contributed by atoms with E-state index in [1.807, 2.05) is 0 Å². The third kappa shape index (κ3) is 2.05. The maximum Gasteiger partial charge on any atom is 0.404 e. The van der Waals surface area contributed by atoms with Crippen LogP contribution >= 0.6 is 22.6 Å². The second-order valence-corrected chi connectivity index (χ2v) is 3.41. The maximum absolute atomic E-state index is 12.0. The highest BCUT2D eigenvalue weighted by atomic mass is 127. The smallest absolute Gasteiger partial charge is 0.272 e. The summed E-state index contributed by atoms with van der Waals surface area (Å²) >= 11 is 1.68. The van der Waals surface area contributed by atoms with Crippen LogP contribution < -0.4 is 0 Å². The minimum absolute atomic E-state index is 0.328. The van der Waals surface area contributed by atoms with Crippen LogP contribution in [0.2, 0.25) is 0 Å². The van der Waals surface area contributed by atoms with Crippen LogP contribution in [0.5, 0.6) is 0 Å². The first kappa shape index (κ1) is 9.69. The third-order valence-electron chi connectivity index (χ3n) is 1.26. The number of alkyl halides is 3. The molecule has 6 heteroatoms. The van der Waals surface area contributed by atoms with Crippen molar-refractivity contribution in [2.45, 2.75) is 6.18 Å². The van der Waals surface area contributed by atoms with Crippen LogP contribution in [0.1, 0.15) is 0 Å². The van der Waals surface area contributed by atoms with E-state index in [4.69, 9.17) is 0 Å². The monoisotopic (exact) mass is 289 g/mol. The van der Waals surface area contributed by atoms with Crippen molar-refractivity contribution in [2.75, 3.05) is 0 Å². The van der Waals surface area contributed by atoms with Gasteiger partial charge in [0.2, 0.25) is 0 Å². The molecule has 1 amide bonds. The average molecular weight is 289 g/mol. The molecule has 0 bridgehead atoms. The molecule has 0 spiro atoms. The predicted octanol–water partition coefficient (Wildman–Crippen LogP) is 2.09. The van der Waals surface area contributed by atoms with Gasteiger partial charge in [0.1, 0.15) is 0 Å². The number of amides is 1. The molecule has 0 aromatic rings. The van der Waals surface area contributed by atoms with Crippen molar-refractivity contribution in [2.24, 2.45) is 10.9 Å². The molecule has 0 aliphatic carbocycles. The van der Waals surface area contributed by atoms with E-state index >= 15 is 0 Å². The van der Waals surface area contributed by atoms with E-state index in [2.05, 4.69) is 4.99 Å². The molecule has 0 radical (unpaired) electrons. The summed E-state index contributed by atoms with van der Waals surface area (Å²) in [6.45, 7) is 0. The molecular weight excluding hydrogens is 286 g/mol. The lowest BCUT2D eigenvalue weighted by Gasteiger charge is -2.15. The van der Waals surface area contributed by atoms with Crippen LogP contribution in [0.15, 0.2) is 14.6 Å². The van der Waals surface area contributed by atoms with Crippen molar-refractivity contribution in [3.63, 3.8) is 0 Å². The van der Waals surface area contributed by atoms with E-state index < -0.39 is 18.0 Å². The van der Waals surface area contributed by atoms with Crippen LogP contribution in [0, 0.1) is 5.92 Å². The van der Waals surface area contributed by atoms with Gasteiger partial charge in [-0.25, -0.2) is 4.99 Å². The summed E-state index contributed by atoms with van der Waals surface area (Å²) in [6.07, 6.45) is -2.55. The molecule has 1 rings (SSSR count). The molecule has 0 fully saturated rings. The number of allylic oxidation sites excluding steroid dienone is 1. The molecule has 1 atom stereocenters. The molecule has 1 heterocycles. The number of hydrogen-bond acceptors (Lipinski definition) is 1. The number of nitrogens with zero attached hydrogens (tertiary/aromatic N) is 1. The molecule has 66 valence electrons. The molecule has 0 aromatic carbocycles. The second kappa shape index (κ2) is 3.15. The number of hydrogen-bond donors (Lipinski definition) is 0. The van der Waals surface area contributed by atoms with Crippen LogP contribution in [0.25, 0.3) is 0 Å². The van der Waals surface area contributed by atoms with Crippen molar-refractivity contribution in [3.05, 3.63) is 9.66 Å². The van der Waals surface area contributed by atoms with Gasteiger partial charge in [-0.1, -0.05) is 0 Å². The van der Waals surface area contributed by atoms with Crippen molar-refractivity contribution in [3.8, 4) is 0 Å². The van der Waals surface area contributed by atoms with E-state index in [0.29, 0.717) is 3.58 Å². The molecule has 0 N–H and O–H groups in total. The minimum Gasteiger partial charge on any atom is -0.272 e. The lowest BCUT2D eigenvalue weighted by molar-refractivity contribution is -0.170. The maximum atomic E-state index is 12.0. The molecule has 0 saturated carbocycles. The summed E-state index contributed by atoms with van der Waals surface area (Å²) < 4.78 is 36.4. The van der Waals surface area contributed by atoms with Crippen molar-refractivity contribution >= 4 is 34.7 Å². The Hall–Kier alpha value is -0.400. The van der Waals surface area contributed by atoms with Gasteiger partial charge in [-0.2, -0.15) is 13.2 Å². The normalized spacial score (nSPS) is 24.2. The Bertz CT molecular complexity index is 268. The average Bonchev–Trinajstić information content (AvgIpc) is 1.92. The highest BCUT2D eigenvalue weighted by Gasteiger charge is 2.44. The Morgan fingerprint density at radius 1 is 1.50 bits per heavy atom. The fourth-order valence-corrected chi connectivity index (χ4v) is 1.21.